The number of aryl methyl sites for hydroxylation is 1. The number of aromatic nitrogens is 1. The smallest absolute Gasteiger partial charge is 0.191 e. The summed E-state index contributed by atoms with van der Waals surface area (Å²) in [5, 5.41) is 7.95. The molecule has 1 aromatic heterocycles. The summed E-state index contributed by atoms with van der Waals surface area (Å²) in [5.74, 6) is 0.856. The maximum absolute atomic E-state index is 5.88. The Labute approximate surface area is 207 Å². The molecule has 1 aliphatic rings. The summed E-state index contributed by atoms with van der Waals surface area (Å²) in [7, 11) is 0. The normalized spacial score (nSPS) is 19.7. The van der Waals surface area contributed by atoms with Crippen molar-refractivity contribution >= 4 is 41.3 Å². The zero-order valence-electron chi connectivity index (χ0n) is 19.1. The predicted octanol–water partition coefficient (Wildman–Crippen LogP) is 3.98. The van der Waals surface area contributed by atoms with Gasteiger partial charge in [-0.1, -0.05) is 24.3 Å². The minimum absolute atomic E-state index is 0. The summed E-state index contributed by atoms with van der Waals surface area (Å²) in [6.45, 7) is 13.7. The molecule has 2 N–H and O–H groups in total. The van der Waals surface area contributed by atoms with Gasteiger partial charge in [-0.3, -0.25) is 4.90 Å². The molecular weight excluding hydrogens is 521 g/mol. The number of ether oxygens (including phenoxy) is 1. The van der Waals surface area contributed by atoms with Gasteiger partial charge in [0, 0.05) is 50.2 Å². The highest BCUT2D eigenvalue weighted by Crippen LogP contribution is 2.17. The molecule has 1 fully saturated rings. The Hall–Kier alpha value is -1.23. The topological polar surface area (TPSA) is 61.8 Å². The third-order valence-corrected chi connectivity index (χ3v) is 6.03. The van der Waals surface area contributed by atoms with Gasteiger partial charge >= 0.3 is 0 Å². The van der Waals surface area contributed by atoms with Crippen LogP contribution in [0.2, 0.25) is 0 Å². The van der Waals surface area contributed by atoms with Gasteiger partial charge in [0.2, 0.25) is 0 Å². The predicted molar refractivity (Wildman–Crippen MR) is 141 cm³/mol. The summed E-state index contributed by atoms with van der Waals surface area (Å²) in [6, 6.07) is 8.63. The van der Waals surface area contributed by atoms with Crippen molar-refractivity contribution in [3.8, 4) is 0 Å². The van der Waals surface area contributed by atoms with Crippen LogP contribution >= 0.6 is 35.3 Å². The van der Waals surface area contributed by atoms with E-state index in [2.05, 4.69) is 72.5 Å². The third-order valence-electron chi connectivity index (χ3n) is 5.06. The monoisotopic (exact) mass is 557 g/mol. The van der Waals surface area contributed by atoms with Crippen LogP contribution in [0.3, 0.4) is 0 Å². The molecule has 6 nitrogen and oxygen atoms in total. The van der Waals surface area contributed by atoms with E-state index in [9.17, 15) is 0 Å². The van der Waals surface area contributed by atoms with Crippen LogP contribution in [0.5, 0.6) is 0 Å². The fraction of sp³-hybridized carbons (Fsp3) is 0.565. The molecule has 0 spiro atoms. The standard InChI is InChI=1S/C23H35N5OS.HI/c1-5-24-23(25-11-10-22-26-12-19(4)30-22)27-13-20-8-6-7-9-21(20)16-28-14-17(2)29-18(3)15-28;/h6-9,12,17-18H,5,10-11,13-16H2,1-4H3,(H2,24,25,27);1H. The van der Waals surface area contributed by atoms with Gasteiger partial charge < -0.3 is 15.4 Å². The molecule has 1 aromatic carbocycles. The molecule has 172 valence electrons. The molecule has 2 unspecified atom stereocenters. The molecule has 2 atom stereocenters. The molecule has 0 radical (unpaired) electrons. The summed E-state index contributed by atoms with van der Waals surface area (Å²) in [4.78, 5) is 13.0. The quantitative estimate of drug-likeness (QED) is 0.292. The summed E-state index contributed by atoms with van der Waals surface area (Å²) in [6.07, 6.45) is 3.41. The highest BCUT2D eigenvalue weighted by molar-refractivity contribution is 14.0. The van der Waals surface area contributed by atoms with Gasteiger partial charge in [-0.25, -0.2) is 9.98 Å². The molecule has 1 saturated heterocycles. The van der Waals surface area contributed by atoms with E-state index in [1.807, 2.05) is 6.20 Å². The summed E-state index contributed by atoms with van der Waals surface area (Å²) < 4.78 is 5.88. The van der Waals surface area contributed by atoms with Crippen molar-refractivity contribution in [1.82, 2.24) is 20.5 Å². The number of guanidine groups is 1. The van der Waals surface area contributed by atoms with Crippen molar-refractivity contribution in [2.75, 3.05) is 26.2 Å². The SMILES string of the molecule is CCNC(=NCc1ccccc1CN1CC(C)OC(C)C1)NCCc1ncc(C)s1.I. The van der Waals surface area contributed by atoms with E-state index in [1.165, 1.54) is 16.0 Å². The van der Waals surface area contributed by atoms with Gasteiger partial charge in [-0.2, -0.15) is 0 Å². The van der Waals surface area contributed by atoms with Gasteiger partial charge in [0.15, 0.2) is 5.96 Å². The van der Waals surface area contributed by atoms with E-state index in [1.54, 1.807) is 11.3 Å². The molecule has 0 saturated carbocycles. The zero-order chi connectivity index (χ0) is 21.3. The number of rotatable bonds is 8. The third kappa shape index (κ3) is 8.67. The van der Waals surface area contributed by atoms with Crippen LogP contribution in [0.4, 0.5) is 0 Å². The fourth-order valence-corrected chi connectivity index (χ4v) is 4.62. The minimum atomic E-state index is 0. The van der Waals surface area contributed by atoms with Crippen molar-refractivity contribution in [1.29, 1.82) is 0 Å². The lowest BCUT2D eigenvalue weighted by atomic mass is 10.1. The van der Waals surface area contributed by atoms with Crippen LogP contribution in [0.15, 0.2) is 35.5 Å². The molecule has 2 heterocycles. The highest BCUT2D eigenvalue weighted by atomic mass is 127. The van der Waals surface area contributed by atoms with Crippen LogP contribution in [0, 0.1) is 6.92 Å². The van der Waals surface area contributed by atoms with Crippen LogP contribution in [0.1, 0.15) is 41.8 Å². The Morgan fingerprint density at radius 3 is 2.55 bits per heavy atom. The number of hydrogen-bond acceptors (Lipinski definition) is 5. The Kier molecular flexibility index (Phi) is 11.2. The first kappa shape index (κ1) is 26.0. The average Bonchev–Trinajstić information content (AvgIpc) is 3.11. The first-order valence-electron chi connectivity index (χ1n) is 10.9. The number of morpholine rings is 1. The number of hydrogen-bond donors (Lipinski definition) is 2. The molecule has 0 aliphatic carbocycles. The maximum atomic E-state index is 5.88. The van der Waals surface area contributed by atoms with E-state index in [0.717, 1.165) is 50.1 Å². The zero-order valence-corrected chi connectivity index (χ0v) is 22.2. The van der Waals surface area contributed by atoms with Crippen LogP contribution in [-0.4, -0.2) is 54.2 Å². The molecule has 8 heteroatoms. The average molecular weight is 558 g/mol. The van der Waals surface area contributed by atoms with E-state index >= 15 is 0 Å². The van der Waals surface area contributed by atoms with E-state index < -0.39 is 0 Å². The number of halogens is 1. The Bertz CT molecular complexity index is 818. The minimum Gasteiger partial charge on any atom is -0.373 e. The maximum Gasteiger partial charge on any atom is 0.191 e. The summed E-state index contributed by atoms with van der Waals surface area (Å²) in [5.41, 5.74) is 2.62. The lowest BCUT2D eigenvalue weighted by Crippen LogP contribution is -2.44. The fourth-order valence-electron chi connectivity index (χ4n) is 3.83. The first-order chi connectivity index (χ1) is 14.5. The van der Waals surface area contributed by atoms with Crippen molar-refractivity contribution in [3.63, 3.8) is 0 Å². The number of nitrogens with one attached hydrogen (secondary N) is 2. The molecule has 3 rings (SSSR count). The lowest BCUT2D eigenvalue weighted by molar-refractivity contribution is -0.0705. The van der Waals surface area contributed by atoms with Crippen molar-refractivity contribution in [3.05, 3.63) is 51.5 Å². The van der Waals surface area contributed by atoms with Crippen LogP contribution < -0.4 is 10.6 Å². The van der Waals surface area contributed by atoms with E-state index in [-0.39, 0.29) is 36.2 Å². The van der Waals surface area contributed by atoms with Gasteiger partial charge in [0.25, 0.3) is 0 Å². The van der Waals surface area contributed by atoms with E-state index in [0.29, 0.717) is 6.54 Å². The molecule has 0 bridgehead atoms. The Balaban J connectivity index is 0.00000341. The molecular formula is C23H36IN5OS. The lowest BCUT2D eigenvalue weighted by Gasteiger charge is -2.35. The molecule has 2 aromatic rings. The van der Waals surface area contributed by atoms with Crippen LogP contribution in [0.25, 0.3) is 0 Å². The largest absolute Gasteiger partial charge is 0.373 e. The van der Waals surface area contributed by atoms with Gasteiger partial charge in [-0.05, 0) is 38.8 Å². The van der Waals surface area contributed by atoms with Crippen molar-refractivity contribution < 1.29 is 4.74 Å². The van der Waals surface area contributed by atoms with Gasteiger partial charge in [0.05, 0.1) is 23.8 Å². The second kappa shape index (κ2) is 13.3. The number of aliphatic imine (C=N–C) groups is 1. The Morgan fingerprint density at radius 2 is 1.90 bits per heavy atom. The number of thiazole rings is 1. The van der Waals surface area contributed by atoms with Gasteiger partial charge in [-0.15, -0.1) is 35.3 Å². The second-order valence-electron chi connectivity index (χ2n) is 7.96. The first-order valence-corrected chi connectivity index (χ1v) is 11.7. The van der Waals surface area contributed by atoms with Crippen LogP contribution in [-0.2, 0) is 24.2 Å². The summed E-state index contributed by atoms with van der Waals surface area (Å²) >= 11 is 1.76. The Morgan fingerprint density at radius 1 is 1.19 bits per heavy atom. The highest BCUT2D eigenvalue weighted by Gasteiger charge is 2.22. The van der Waals surface area contributed by atoms with Gasteiger partial charge in [0.1, 0.15) is 0 Å². The number of benzene rings is 1. The van der Waals surface area contributed by atoms with Crippen molar-refractivity contribution in [2.24, 2.45) is 4.99 Å². The van der Waals surface area contributed by atoms with E-state index in [4.69, 9.17) is 9.73 Å². The molecule has 31 heavy (non-hydrogen) atoms. The second-order valence-corrected chi connectivity index (χ2v) is 9.28. The van der Waals surface area contributed by atoms with Crippen molar-refractivity contribution in [2.45, 2.75) is 59.4 Å². The number of nitrogens with zero attached hydrogens (tertiary/aromatic N) is 3. The molecule has 0 amide bonds. The molecule has 1 aliphatic heterocycles.